The molecule has 0 aliphatic heterocycles. The van der Waals surface area contributed by atoms with E-state index >= 15 is 0 Å². The molecular formula is C8H9Cl2NO3. The van der Waals surface area contributed by atoms with Crippen molar-refractivity contribution in [1.82, 2.24) is 4.98 Å². The predicted molar refractivity (Wildman–Crippen MR) is 52.3 cm³/mol. The standard InChI is InChI=1S/C8H9Cl2NO3/c9-6-2-1-4(8(10)11-6)7(14)5(13)3-12/h1-2,5,7,12-14H,3H2. The fourth-order valence-electron chi connectivity index (χ4n) is 0.951. The Morgan fingerprint density at radius 3 is 2.43 bits per heavy atom. The number of pyridine rings is 1. The van der Waals surface area contributed by atoms with Crippen LogP contribution in [-0.4, -0.2) is 33.0 Å². The van der Waals surface area contributed by atoms with Gasteiger partial charge in [-0.15, -0.1) is 0 Å². The SMILES string of the molecule is OCC(O)C(O)c1ccc(Cl)nc1Cl. The highest BCUT2D eigenvalue weighted by Crippen LogP contribution is 2.25. The van der Waals surface area contributed by atoms with Gasteiger partial charge in [-0.25, -0.2) is 4.98 Å². The van der Waals surface area contributed by atoms with E-state index in [0.717, 1.165) is 0 Å². The molecule has 0 aromatic carbocycles. The van der Waals surface area contributed by atoms with E-state index in [4.69, 9.17) is 33.4 Å². The minimum atomic E-state index is -1.28. The molecule has 2 unspecified atom stereocenters. The van der Waals surface area contributed by atoms with Gasteiger partial charge < -0.3 is 15.3 Å². The maximum atomic E-state index is 9.48. The van der Waals surface area contributed by atoms with E-state index in [1.165, 1.54) is 12.1 Å². The summed E-state index contributed by atoms with van der Waals surface area (Å²) in [6, 6.07) is 2.89. The van der Waals surface area contributed by atoms with Crippen LogP contribution in [0.15, 0.2) is 12.1 Å². The van der Waals surface area contributed by atoms with Crippen molar-refractivity contribution < 1.29 is 15.3 Å². The minimum Gasteiger partial charge on any atom is -0.394 e. The van der Waals surface area contributed by atoms with E-state index in [1.807, 2.05) is 0 Å². The molecule has 3 N–H and O–H groups in total. The zero-order valence-corrected chi connectivity index (χ0v) is 8.57. The van der Waals surface area contributed by atoms with Crippen molar-refractivity contribution in [3.8, 4) is 0 Å². The van der Waals surface area contributed by atoms with Gasteiger partial charge in [0, 0.05) is 5.56 Å². The molecule has 0 fully saturated rings. The first-order valence-electron chi connectivity index (χ1n) is 3.85. The van der Waals surface area contributed by atoms with Crippen LogP contribution in [0.25, 0.3) is 0 Å². The van der Waals surface area contributed by atoms with Crippen LogP contribution in [-0.2, 0) is 0 Å². The minimum absolute atomic E-state index is 0.0116. The van der Waals surface area contributed by atoms with Crippen molar-refractivity contribution in [2.24, 2.45) is 0 Å². The smallest absolute Gasteiger partial charge is 0.136 e. The van der Waals surface area contributed by atoms with Crippen LogP contribution in [0, 0.1) is 0 Å². The van der Waals surface area contributed by atoms with Gasteiger partial charge in [0.25, 0.3) is 0 Å². The molecule has 0 aliphatic carbocycles. The zero-order chi connectivity index (χ0) is 10.7. The lowest BCUT2D eigenvalue weighted by Crippen LogP contribution is -2.22. The Balaban J connectivity index is 2.95. The van der Waals surface area contributed by atoms with E-state index in [-0.39, 0.29) is 15.9 Å². The van der Waals surface area contributed by atoms with E-state index in [1.54, 1.807) is 0 Å². The second kappa shape index (κ2) is 4.91. The van der Waals surface area contributed by atoms with Gasteiger partial charge in [-0.2, -0.15) is 0 Å². The van der Waals surface area contributed by atoms with Crippen LogP contribution >= 0.6 is 23.2 Å². The first-order valence-corrected chi connectivity index (χ1v) is 4.60. The van der Waals surface area contributed by atoms with Crippen molar-refractivity contribution in [3.63, 3.8) is 0 Å². The van der Waals surface area contributed by atoms with Gasteiger partial charge in [0.15, 0.2) is 0 Å². The maximum Gasteiger partial charge on any atom is 0.136 e. The van der Waals surface area contributed by atoms with E-state index < -0.39 is 18.8 Å². The number of aliphatic hydroxyl groups is 3. The fraction of sp³-hybridized carbons (Fsp3) is 0.375. The van der Waals surface area contributed by atoms with Crippen LogP contribution in [0.1, 0.15) is 11.7 Å². The molecule has 6 heteroatoms. The Morgan fingerprint density at radius 1 is 1.29 bits per heavy atom. The molecule has 0 bridgehead atoms. The molecule has 1 aromatic heterocycles. The second-order valence-electron chi connectivity index (χ2n) is 2.71. The fourth-order valence-corrected chi connectivity index (χ4v) is 1.41. The first kappa shape index (κ1) is 11.7. The van der Waals surface area contributed by atoms with Gasteiger partial charge in [0.2, 0.25) is 0 Å². The average molecular weight is 238 g/mol. The summed E-state index contributed by atoms with van der Waals surface area (Å²) in [4.78, 5) is 3.69. The van der Waals surface area contributed by atoms with Crippen LogP contribution in [0.4, 0.5) is 0 Å². The van der Waals surface area contributed by atoms with Crippen molar-refractivity contribution >= 4 is 23.2 Å². The molecule has 0 aliphatic rings. The Hall–Kier alpha value is -0.390. The molecule has 14 heavy (non-hydrogen) atoms. The molecule has 1 heterocycles. The topological polar surface area (TPSA) is 73.6 Å². The largest absolute Gasteiger partial charge is 0.394 e. The number of aliphatic hydroxyl groups excluding tert-OH is 3. The van der Waals surface area contributed by atoms with Gasteiger partial charge in [-0.05, 0) is 6.07 Å². The predicted octanol–water partition coefficient (Wildman–Crippen LogP) is 0.775. The molecule has 0 spiro atoms. The maximum absolute atomic E-state index is 9.48. The summed E-state index contributed by atoms with van der Waals surface area (Å²) in [7, 11) is 0. The molecule has 4 nitrogen and oxygen atoms in total. The van der Waals surface area contributed by atoms with E-state index in [0.29, 0.717) is 0 Å². The monoisotopic (exact) mass is 237 g/mol. The number of nitrogens with zero attached hydrogens (tertiary/aromatic N) is 1. The number of hydrogen-bond acceptors (Lipinski definition) is 4. The van der Waals surface area contributed by atoms with Crippen molar-refractivity contribution in [3.05, 3.63) is 28.0 Å². The third-order valence-corrected chi connectivity index (χ3v) is 2.23. The number of aromatic nitrogens is 1. The van der Waals surface area contributed by atoms with Crippen LogP contribution in [0.5, 0.6) is 0 Å². The number of halogens is 2. The van der Waals surface area contributed by atoms with Crippen LogP contribution in [0.2, 0.25) is 10.3 Å². The Morgan fingerprint density at radius 2 is 1.93 bits per heavy atom. The average Bonchev–Trinajstić information content (AvgIpc) is 2.15. The quantitative estimate of drug-likeness (QED) is 0.680. The molecule has 0 saturated carbocycles. The molecule has 1 rings (SSSR count). The highest BCUT2D eigenvalue weighted by Gasteiger charge is 2.20. The van der Waals surface area contributed by atoms with Gasteiger partial charge >= 0.3 is 0 Å². The molecule has 0 radical (unpaired) electrons. The Bertz CT molecular complexity index is 321. The first-order chi connectivity index (χ1) is 6.56. The van der Waals surface area contributed by atoms with Crippen LogP contribution in [0.3, 0.4) is 0 Å². The molecule has 1 aromatic rings. The Labute approximate surface area is 90.7 Å². The summed E-state index contributed by atoms with van der Waals surface area (Å²) in [6.45, 7) is -0.555. The lowest BCUT2D eigenvalue weighted by molar-refractivity contribution is -0.0153. The highest BCUT2D eigenvalue weighted by molar-refractivity contribution is 6.32. The number of rotatable bonds is 3. The molecule has 0 amide bonds. The van der Waals surface area contributed by atoms with Crippen LogP contribution < -0.4 is 0 Å². The molecule has 2 atom stereocenters. The van der Waals surface area contributed by atoms with Crippen molar-refractivity contribution in [1.29, 1.82) is 0 Å². The molecule has 78 valence electrons. The lowest BCUT2D eigenvalue weighted by Gasteiger charge is -2.16. The molecular weight excluding hydrogens is 229 g/mol. The summed E-state index contributed by atoms with van der Waals surface area (Å²) in [5.41, 5.74) is 0.234. The summed E-state index contributed by atoms with van der Waals surface area (Å²) >= 11 is 11.2. The zero-order valence-electron chi connectivity index (χ0n) is 7.06. The normalized spacial score (nSPS) is 15.2. The van der Waals surface area contributed by atoms with Gasteiger partial charge in [0.05, 0.1) is 6.61 Å². The lowest BCUT2D eigenvalue weighted by atomic mass is 10.1. The third kappa shape index (κ3) is 2.56. The molecule has 0 saturated heterocycles. The van der Waals surface area contributed by atoms with Gasteiger partial charge in [-0.1, -0.05) is 29.3 Å². The van der Waals surface area contributed by atoms with E-state index in [9.17, 15) is 5.11 Å². The summed E-state index contributed by atoms with van der Waals surface area (Å²) < 4.78 is 0. The summed E-state index contributed by atoms with van der Waals surface area (Å²) in [5, 5.41) is 27.5. The van der Waals surface area contributed by atoms with Crippen molar-refractivity contribution in [2.75, 3.05) is 6.61 Å². The van der Waals surface area contributed by atoms with Gasteiger partial charge in [0.1, 0.15) is 22.5 Å². The Kier molecular flexibility index (Phi) is 4.10. The van der Waals surface area contributed by atoms with Gasteiger partial charge in [-0.3, -0.25) is 0 Å². The second-order valence-corrected chi connectivity index (χ2v) is 3.45. The summed E-state index contributed by atoms with van der Waals surface area (Å²) in [5.74, 6) is 0. The third-order valence-electron chi connectivity index (χ3n) is 1.71. The number of hydrogen-bond donors (Lipinski definition) is 3. The van der Waals surface area contributed by atoms with E-state index in [2.05, 4.69) is 4.98 Å². The van der Waals surface area contributed by atoms with Crippen molar-refractivity contribution in [2.45, 2.75) is 12.2 Å². The highest BCUT2D eigenvalue weighted by atomic mass is 35.5. The summed E-state index contributed by atoms with van der Waals surface area (Å²) in [6.07, 6.45) is -2.55.